The van der Waals surface area contributed by atoms with Gasteiger partial charge in [0.1, 0.15) is 11.6 Å². The van der Waals surface area contributed by atoms with E-state index in [1.165, 1.54) is 0 Å². The molecule has 0 saturated carbocycles. The molecule has 0 spiro atoms. The first-order valence-electron chi connectivity index (χ1n) is 9.12. The molecule has 31 heavy (non-hydrogen) atoms. The Kier molecular flexibility index (Phi) is 10.6. The third-order valence-corrected chi connectivity index (χ3v) is 3.46. The van der Waals surface area contributed by atoms with E-state index in [-0.39, 0.29) is 17.1 Å². The molecule has 0 bridgehead atoms. The fourth-order valence-electron chi connectivity index (χ4n) is 2.09. The van der Waals surface area contributed by atoms with Gasteiger partial charge in [-0.2, -0.15) is 10.2 Å². The summed E-state index contributed by atoms with van der Waals surface area (Å²) in [6.45, 7) is 0. The number of nitrogens with zero attached hydrogens (tertiary/aromatic N) is 6. The van der Waals surface area contributed by atoms with Crippen LogP contribution in [0.2, 0.25) is 0 Å². The Morgan fingerprint density at radius 1 is 0.516 bits per heavy atom. The van der Waals surface area contributed by atoms with E-state index in [2.05, 4.69) is 41.0 Å². The first-order valence-corrected chi connectivity index (χ1v) is 9.12. The van der Waals surface area contributed by atoms with Crippen LogP contribution in [0, 0.1) is 0 Å². The average molecular weight is 452 g/mol. The normalized spacial score (nSPS) is 10.1. The van der Waals surface area contributed by atoms with Gasteiger partial charge in [0, 0.05) is 41.9 Å². The van der Waals surface area contributed by atoms with Gasteiger partial charge in [0.05, 0.1) is 23.8 Å². The van der Waals surface area contributed by atoms with Crippen molar-refractivity contribution in [3.05, 3.63) is 109 Å². The van der Waals surface area contributed by atoms with Gasteiger partial charge in [-0.1, -0.05) is 24.3 Å². The van der Waals surface area contributed by atoms with Crippen molar-refractivity contribution in [3.63, 3.8) is 0 Å². The van der Waals surface area contributed by atoms with E-state index >= 15 is 0 Å². The molecule has 2 N–H and O–H groups in total. The smallest absolute Gasteiger partial charge is 0.146 e. The Hall–Kier alpha value is -3.94. The number of pyridine rings is 4. The first kappa shape index (κ1) is 23.3. The van der Waals surface area contributed by atoms with Crippen LogP contribution >= 0.6 is 0 Å². The van der Waals surface area contributed by atoms with Crippen LogP contribution in [0.25, 0.3) is 0 Å². The van der Waals surface area contributed by atoms with Crippen molar-refractivity contribution in [2.75, 3.05) is 10.9 Å². The van der Waals surface area contributed by atoms with E-state index in [0.717, 1.165) is 11.4 Å². The van der Waals surface area contributed by atoms with Gasteiger partial charge in [-0.25, -0.2) is 9.97 Å². The Labute approximate surface area is 191 Å². The van der Waals surface area contributed by atoms with E-state index < -0.39 is 0 Å². The van der Waals surface area contributed by atoms with Gasteiger partial charge >= 0.3 is 0 Å². The van der Waals surface area contributed by atoms with Crippen LogP contribution in [0.3, 0.4) is 0 Å². The van der Waals surface area contributed by atoms with Gasteiger partial charge in [0.25, 0.3) is 0 Å². The van der Waals surface area contributed by atoms with Crippen molar-refractivity contribution in [1.29, 1.82) is 0 Å². The molecule has 0 radical (unpaired) electrons. The van der Waals surface area contributed by atoms with Crippen molar-refractivity contribution >= 4 is 24.1 Å². The second kappa shape index (κ2) is 14.1. The van der Waals surface area contributed by atoms with E-state index in [4.69, 9.17) is 0 Å². The Balaban J connectivity index is 0.000000213. The SMILES string of the molecule is C(=N\Nc1ccccn1)/c1ccccn1.C(=N\Nc1ccccn1)/c1ccccn1.[Fe]. The van der Waals surface area contributed by atoms with Crippen LogP contribution in [0.1, 0.15) is 11.4 Å². The molecule has 0 amide bonds. The molecule has 156 valence electrons. The molecular weight excluding hydrogens is 432 g/mol. The van der Waals surface area contributed by atoms with E-state index in [0.29, 0.717) is 11.6 Å². The molecule has 0 saturated heterocycles. The largest absolute Gasteiger partial charge is 0.261 e. The number of aromatic nitrogens is 4. The summed E-state index contributed by atoms with van der Waals surface area (Å²) in [7, 11) is 0. The standard InChI is InChI=1S/2C11H10N4.Fe/c2*1-3-7-12-10(5-1)9-14-15-11-6-2-4-8-13-11;/h2*1-9H,(H,13,15);/b2*14-9+;. The predicted octanol–water partition coefficient (Wildman–Crippen LogP) is 3.84. The monoisotopic (exact) mass is 452 g/mol. The van der Waals surface area contributed by atoms with Crippen molar-refractivity contribution in [2.24, 2.45) is 10.2 Å². The second-order valence-corrected chi connectivity index (χ2v) is 5.68. The van der Waals surface area contributed by atoms with E-state index in [1.807, 2.05) is 72.8 Å². The molecule has 9 heteroatoms. The van der Waals surface area contributed by atoms with Crippen molar-refractivity contribution < 1.29 is 17.1 Å². The van der Waals surface area contributed by atoms with Crippen molar-refractivity contribution in [1.82, 2.24) is 19.9 Å². The molecule has 8 nitrogen and oxygen atoms in total. The first-order chi connectivity index (χ1) is 14.9. The van der Waals surface area contributed by atoms with Crippen molar-refractivity contribution in [3.8, 4) is 0 Å². The van der Waals surface area contributed by atoms with Crippen LogP contribution in [0.4, 0.5) is 11.6 Å². The van der Waals surface area contributed by atoms with Gasteiger partial charge in [-0.3, -0.25) is 20.8 Å². The van der Waals surface area contributed by atoms with Gasteiger partial charge in [0.15, 0.2) is 0 Å². The third kappa shape index (κ3) is 9.40. The summed E-state index contributed by atoms with van der Waals surface area (Å²) in [6.07, 6.45) is 10.2. The van der Waals surface area contributed by atoms with E-state index in [9.17, 15) is 0 Å². The summed E-state index contributed by atoms with van der Waals surface area (Å²) in [5, 5.41) is 8.02. The summed E-state index contributed by atoms with van der Waals surface area (Å²) < 4.78 is 0. The zero-order chi connectivity index (χ0) is 20.7. The molecule has 0 fully saturated rings. The average Bonchev–Trinajstić information content (AvgIpc) is 2.82. The minimum Gasteiger partial charge on any atom is -0.261 e. The maximum Gasteiger partial charge on any atom is 0.146 e. The zero-order valence-corrected chi connectivity index (χ0v) is 17.5. The van der Waals surface area contributed by atoms with Crippen LogP contribution in [0.5, 0.6) is 0 Å². The molecule has 0 unspecified atom stereocenters. The van der Waals surface area contributed by atoms with Crippen molar-refractivity contribution in [2.45, 2.75) is 0 Å². The van der Waals surface area contributed by atoms with Crippen LogP contribution < -0.4 is 10.9 Å². The fraction of sp³-hybridized carbons (Fsp3) is 0. The number of hydrogen-bond acceptors (Lipinski definition) is 8. The summed E-state index contributed by atoms with van der Waals surface area (Å²) in [5.41, 5.74) is 7.24. The minimum absolute atomic E-state index is 0. The zero-order valence-electron chi connectivity index (χ0n) is 16.4. The second-order valence-electron chi connectivity index (χ2n) is 5.68. The van der Waals surface area contributed by atoms with E-state index in [1.54, 1.807) is 37.2 Å². The summed E-state index contributed by atoms with van der Waals surface area (Å²) in [6, 6.07) is 22.5. The fourth-order valence-corrected chi connectivity index (χ4v) is 2.09. The predicted molar refractivity (Wildman–Crippen MR) is 119 cm³/mol. The molecule has 0 aromatic carbocycles. The quantitative estimate of drug-likeness (QED) is 0.262. The molecule has 0 aliphatic rings. The molecule has 4 rings (SSSR count). The Morgan fingerprint density at radius 3 is 1.23 bits per heavy atom. The number of hydrogen-bond donors (Lipinski definition) is 2. The molecular formula is C22H20FeN8. The van der Waals surface area contributed by atoms with Crippen LogP contribution in [-0.4, -0.2) is 32.4 Å². The summed E-state index contributed by atoms with van der Waals surface area (Å²) in [4.78, 5) is 16.3. The van der Waals surface area contributed by atoms with Crippen LogP contribution in [-0.2, 0) is 17.1 Å². The summed E-state index contributed by atoms with van der Waals surface area (Å²) in [5.74, 6) is 1.43. The van der Waals surface area contributed by atoms with Gasteiger partial charge < -0.3 is 0 Å². The number of nitrogens with one attached hydrogen (secondary N) is 2. The number of hydrazone groups is 2. The Morgan fingerprint density at radius 2 is 0.903 bits per heavy atom. The summed E-state index contributed by atoms with van der Waals surface area (Å²) >= 11 is 0. The third-order valence-electron chi connectivity index (χ3n) is 3.46. The number of anilines is 2. The van der Waals surface area contributed by atoms with Crippen LogP contribution in [0.15, 0.2) is 108 Å². The Bertz CT molecular complexity index is 943. The maximum absolute atomic E-state index is 4.10. The van der Waals surface area contributed by atoms with Gasteiger partial charge in [-0.05, 0) is 48.5 Å². The molecule has 0 aliphatic carbocycles. The molecule has 4 aromatic heterocycles. The molecule has 0 atom stereocenters. The van der Waals surface area contributed by atoms with Gasteiger partial charge in [-0.15, -0.1) is 0 Å². The molecule has 0 aliphatic heterocycles. The number of rotatable bonds is 6. The molecule has 4 heterocycles. The van der Waals surface area contributed by atoms with Gasteiger partial charge in [0.2, 0.25) is 0 Å². The molecule has 4 aromatic rings. The maximum atomic E-state index is 4.10. The minimum atomic E-state index is 0. The topological polar surface area (TPSA) is 100 Å².